The van der Waals surface area contributed by atoms with Crippen molar-refractivity contribution in [2.45, 2.75) is 26.3 Å². The molecule has 76 valence electrons. The molecule has 2 nitrogen and oxygen atoms in total. The predicted octanol–water partition coefficient (Wildman–Crippen LogP) is 1.81. The van der Waals surface area contributed by atoms with Crippen LogP contribution in [-0.2, 0) is 0 Å². The predicted molar refractivity (Wildman–Crippen MR) is 58.1 cm³/mol. The van der Waals surface area contributed by atoms with Gasteiger partial charge in [-0.05, 0) is 32.4 Å². The van der Waals surface area contributed by atoms with Gasteiger partial charge in [-0.1, -0.05) is 11.6 Å². The van der Waals surface area contributed by atoms with Gasteiger partial charge >= 0.3 is 0 Å². The summed E-state index contributed by atoms with van der Waals surface area (Å²) < 4.78 is 0. The zero-order valence-corrected chi connectivity index (χ0v) is 9.27. The fourth-order valence-corrected chi connectivity index (χ4v) is 1.72. The molecule has 1 aliphatic rings. The first-order chi connectivity index (χ1) is 6.24. The van der Waals surface area contributed by atoms with Gasteiger partial charge in [-0.3, -0.25) is 4.90 Å². The highest BCUT2D eigenvalue weighted by Crippen LogP contribution is 2.09. The second-order valence-corrected chi connectivity index (χ2v) is 4.03. The lowest BCUT2D eigenvalue weighted by Gasteiger charge is -2.26. The molecule has 0 aliphatic carbocycles. The largest absolute Gasteiger partial charge is 0.315 e. The number of nitrogens with zero attached hydrogens (tertiary/aromatic N) is 1. The number of halogens is 1. The molecule has 1 fully saturated rings. The van der Waals surface area contributed by atoms with Crippen LogP contribution in [0.4, 0.5) is 0 Å². The van der Waals surface area contributed by atoms with Crippen LogP contribution < -0.4 is 5.32 Å². The number of rotatable bonds is 2. The van der Waals surface area contributed by atoms with Gasteiger partial charge in [0.25, 0.3) is 0 Å². The van der Waals surface area contributed by atoms with Gasteiger partial charge in [0.1, 0.15) is 0 Å². The lowest BCUT2D eigenvalue weighted by atomic mass is 10.2. The minimum Gasteiger partial charge on any atom is -0.315 e. The van der Waals surface area contributed by atoms with Gasteiger partial charge in [0.15, 0.2) is 0 Å². The molecule has 1 atom stereocenters. The monoisotopic (exact) mass is 202 g/mol. The highest BCUT2D eigenvalue weighted by Gasteiger charge is 2.15. The van der Waals surface area contributed by atoms with Gasteiger partial charge in [-0.25, -0.2) is 0 Å². The van der Waals surface area contributed by atoms with E-state index in [0.29, 0.717) is 6.04 Å². The maximum Gasteiger partial charge on any atom is 0.0205 e. The summed E-state index contributed by atoms with van der Waals surface area (Å²) in [7, 11) is 0. The Morgan fingerprint density at radius 3 is 3.08 bits per heavy atom. The first-order valence-corrected chi connectivity index (χ1v) is 5.38. The van der Waals surface area contributed by atoms with E-state index in [1.165, 1.54) is 12.0 Å². The van der Waals surface area contributed by atoms with E-state index >= 15 is 0 Å². The zero-order chi connectivity index (χ0) is 9.68. The van der Waals surface area contributed by atoms with Gasteiger partial charge in [0, 0.05) is 31.2 Å². The third-order valence-electron chi connectivity index (χ3n) is 2.58. The third-order valence-corrected chi connectivity index (χ3v) is 2.95. The SMILES string of the molecule is CC(=CCl)CN1CCNCCC1C. The van der Waals surface area contributed by atoms with Crippen LogP contribution in [0.2, 0.25) is 0 Å². The van der Waals surface area contributed by atoms with Crippen molar-refractivity contribution in [2.75, 3.05) is 26.2 Å². The molecule has 0 aromatic rings. The van der Waals surface area contributed by atoms with Gasteiger partial charge in [-0.15, -0.1) is 0 Å². The van der Waals surface area contributed by atoms with E-state index in [9.17, 15) is 0 Å². The van der Waals surface area contributed by atoms with Crippen LogP contribution in [0.3, 0.4) is 0 Å². The molecule has 0 bridgehead atoms. The van der Waals surface area contributed by atoms with Crippen molar-refractivity contribution < 1.29 is 0 Å². The Kier molecular flexibility index (Phi) is 4.78. The van der Waals surface area contributed by atoms with Crippen molar-refractivity contribution in [3.8, 4) is 0 Å². The standard InChI is InChI=1S/C10H19ClN2/c1-9(7-11)8-13-6-5-12-4-3-10(13)2/h7,10,12H,3-6,8H2,1-2H3. The smallest absolute Gasteiger partial charge is 0.0205 e. The first-order valence-electron chi connectivity index (χ1n) is 4.94. The molecule has 1 aliphatic heterocycles. The van der Waals surface area contributed by atoms with Crippen molar-refractivity contribution in [3.63, 3.8) is 0 Å². The molecule has 13 heavy (non-hydrogen) atoms. The highest BCUT2D eigenvalue weighted by atomic mass is 35.5. The maximum atomic E-state index is 5.66. The van der Waals surface area contributed by atoms with Crippen LogP contribution >= 0.6 is 11.6 Å². The summed E-state index contributed by atoms with van der Waals surface area (Å²) in [6.07, 6.45) is 1.23. The van der Waals surface area contributed by atoms with E-state index in [2.05, 4.69) is 24.1 Å². The zero-order valence-electron chi connectivity index (χ0n) is 8.52. The summed E-state index contributed by atoms with van der Waals surface area (Å²) in [6, 6.07) is 0.668. The van der Waals surface area contributed by atoms with Crippen LogP contribution in [-0.4, -0.2) is 37.1 Å². The van der Waals surface area contributed by atoms with Gasteiger partial charge in [0.2, 0.25) is 0 Å². The fourth-order valence-electron chi connectivity index (χ4n) is 1.65. The summed E-state index contributed by atoms with van der Waals surface area (Å²) in [5, 5.41) is 3.40. The Hall–Kier alpha value is -0.0500. The first kappa shape index (κ1) is 11.0. The minimum atomic E-state index is 0.668. The van der Waals surface area contributed by atoms with Crippen molar-refractivity contribution in [2.24, 2.45) is 0 Å². The second-order valence-electron chi connectivity index (χ2n) is 3.81. The van der Waals surface area contributed by atoms with Crippen molar-refractivity contribution in [1.29, 1.82) is 0 Å². The van der Waals surface area contributed by atoms with Gasteiger partial charge in [0.05, 0.1) is 0 Å². The molecule has 0 spiro atoms. The lowest BCUT2D eigenvalue weighted by Crippen LogP contribution is -2.35. The van der Waals surface area contributed by atoms with Crippen molar-refractivity contribution in [3.05, 3.63) is 11.1 Å². The number of hydrogen-bond acceptors (Lipinski definition) is 2. The molecular weight excluding hydrogens is 184 g/mol. The van der Waals surface area contributed by atoms with Crippen molar-refractivity contribution in [1.82, 2.24) is 10.2 Å². The van der Waals surface area contributed by atoms with E-state index in [4.69, 9.17) is 11.6 Å². The molecule has 1 rings (SSSR count). The Morgan fingerprint density at radius 2 is 2.38 bits per heavy atom. The van der Waals surface area contributed by atoms with E-state index in [0.717, 1.165) is 26.2 Å². The molecule has 0 radical (unpaired) electrons. The average Bonchev–Trinajstić information content (AvgIpc) is 2.32. The number of hydrogen-bond donors (Lipinski definition) is 1. The van der Waals surface area contributed by atoms with Crippen molar-refractivity contribution >= 4 is 11.6 Å². The third kappa shape index (κ3) is 3.67. The fraction of sp³-hybridized carbons (Fsp3) is 0.800. The quantitative estimate of drug-likeness (QED) is 0.735. The Morgan fingerprint density at radius 1 is 1.62 bits per heavy atom. The van der Waals surface area contributed by atoms with Crippen LogP contribution in [0.15, 0.2) is 11.1 Å². The van der Waals surface area contributed by atoms with Gasteiger partial charge in [-0.2, -0.15) is 0 Å². The van der Waals surface area contributed by atoms with Gasteiger partial charge < -0.3 is 5.32 Å². The molecular formula is C10H19ClN2. The molecule has 0 amide bonds. The number of nitrogens with one attached hydrogen (secondary N) is 1. The molecule has 0 aromatic carbocycles. The maximum absolute atomic E-state index is 5.66. The average molecular weight is 203 g/mol. The highest BCUT2D eigenvalue weighted by molar-refractivity contribution is 6.25. The Bertz CT molecular complexity index is 180. The van der Waals surface area contributed by atoms with Crippen LogP contribution in [0.1, 0.15) is 20.3 Å². The van der Waals surface area contributed by atoms with Crippen LogP contribution in [0.25, 0.3) is 0 Å². The minimum absolute atomic E-state index is 0.668. The van der Waals surface area contributed by atoms with Crippen LogP contribution in [0.5, 0.6) is 0 Å². The Balaban J connectivity index is 2.45. The molecule has 1 unspecified atom stereocenters. The molecule has 1 N–H and O–H groups in total. The lowest BCUT2D eigenvalue weighted by molar-refractivity contribution is 0.239. The van der Waals surface area contributed by atoms with E-state index < -0.39 is 0 Å². The summed E-state index contributed by atoms with van der Waals surface area (Å²) in [4.78, 5) is 2.48. The Labute approximate surface area is 85.9 Å². The van der Waals surface area contributed by atoms with E-state index in [1.807, 2.05) is 0 Å². The molecule has 3 heteroatoms. The van der Waals surface area contributed by atoms with E-state index in [1.54, 1.807) is 5.54 Å². The topological polar surface area (TPSA) is 15.3 Å². The molecule has 0 aromatic heterocycles. The summed E-state index contributed by atoms with van der Waals surface area (Å²) in [5.74, 6) is 0. The molecule has 1 heterocycles. The summed E-state index contributed by atoms with van der Waals surface area (Å²) >= 11 is 5.66. The normalized spacial score (nSPS) is 27.3. The summed E-state index contributed by atoms with van der Waals surface area (Å²) in [5.41, 5.74) is 2.93. The van der Waals surface area contributed by atoms with E-state index in [-0.39, 0.29) is 0 Å². The molecule has 0 saturated carbocycles. The van der Waals surface area contributed by atoms with Crippen LogP contribution in [0, 0.1) is 0 Å². The second kappa shape index (κ2) is 5.63. The summed E-state index contributed by atoms with van der Waals surface area (Å²) in [6.45, 7) is 8.74. The molecule has 1 saturated heterocycles.